The predicted molar refractivity (Wildman–Crippen MR) is 63.1 cm³/mol. The van der Waals surface area contributed by atoms with Crippen LogP contribution in [0.4, 0.5) is 0 Å². The summed E-state index contributed by atoms with van der Waals surface area (Å²) in [6.45, 7) is 0.754. The minimum absolute atomic E-state index is 0.239. The van der Waals surface area contributed by atoms with E-state index in [1.807, 2.05) is 24.1 Å². The van der Waals surface area contributed by atoms with Crippen molar-refractivity contribution in [3.8, 4) is 0 Å². The SMILES string of the molecule is Cn1cc(CCOC2CCCCC2N)cn1. The molecule has 0 bridgehead atoms. The van der Waals surface area contributed by atoms with Crippen molar-refractivity contribution in [3.05, 3.63) is 18.0 Å². The molecule has 2 rings (SSSR count). The number of rotatable bonds is 4. The van der Waals surface area contributed by atoms with Gasteiger partial charge >= 0.3 is 0 Å². The molecule has 4 heteroatoms. The first-order valence-electron chi connectivity index (χ1n) is 6.10. The maximum atomic E-state index is 6.02. The quantitative estimate of drug-likeness (QED) is 0.835. The summed E-state index contributed by atoms with van der Waals surface area (Å²) in [5, 5.41) is 4.13. The van der Waals surface area contributed by atoms with Crippen LogP contribution in [0.5, 0.6) is 0 Å². The molecule has 1 aliphatic rings. The molecule has 1 aromatic heterocycles. The Hall–Kier alpha value is -0.870. The molecule has 0 aromatic carbocycles. The number of aryl methyl sites for hydroxylation is 1. The zero-order chi connectivity index (χ0) is 11.4. The second-order valence-electron chi connectivity index (χ2n) is 4.63. The van der Waals surface area contributed by atoms with E-state index in [9.17, 15) is 0 Å². The van der Waals surface area contributed by atoms with Gasteiger partial charge < -0.3 is 10.5 Å². The zero-order valence-corrected chi connectivity index (χ0v) is 9.93. The first kappa shape index (κ1) is 11.6. The van der Waals surface area contributed by atoms with E-state index in [0.717, 1.165) is 25.9 Å². The van der Waals surface area contributed by atoms with Crippen molar-refractivity contribution in [1.82, 2.24) is 9.78 Å². The molecule has 2 N–H and O–H groups in total. The molecule has 1 heterocycles. The van der Waals surface area contributed by atoms with Crippen LogP contribution >= 0.6 is 0 Å². The number of hydrogen-bond acceptors (Lipinski definition) is 3. The lowest BCUT2D eigenvalue weighted by Crippen LogP contribution is -2.39. The Labute approximate surface area is 96.8 Å². The highest BCUT2D eigenvalue weighted by atomic mass is 16.5. The van der Waals surface area contributed by atoms with Gasteiger partial charge in [-0.1, -0.05) is 12.8 Å². The lowest BCUT2D eigenvalue weighted by molar-refractivity contribution is 0.0169. The Balaban J connectivity index is 1.71. The Morgan fingerprint density at radius 2 is 2.31 bits per heavy atom. The van der Waals surface area contributed by atoms with E-state index in [1.54, 1.807) is 0 Å². The van der Waals surface area contributed by atoms with Crippen molar-refractivity contribution in [2.24, 2.45) is 12.8 Å². The average molecular weight is 223 g/mol. The summed E-state index contributed by atoms with van der Waals surface area (Å²) in [6, 6.07) is 0.239. The fraction of sp³-hybridized carbons (Fsp3) is 0.750. The van der Waals surface area contributed by atoms with Gasteiger partial charge in [0.2, 0.25) is 0 Å². The molecule has 4 nitrogen and oxygen atoms in total. The van der Waals surface area contributed by atoms with Gasteiger partial charge in [-0.05, 0) is 24.8 Å². The van der Waals surface area contributed by atoms with Crippen molar-refractivity contribution < 1.29 is 4.74 Å². The number of nitrogens with two attached hydrogens (primary N) is 1. The summed E-state index contributed by atoms with van der Waals surface area (Å²) in [6.07, 6.45) is 9.86. The molecule has 0 aliphatic heterocycles. The molecule has 1 aromatic rings. The van der Waals surface area contributed by atoms with Crippen LogP contribution in [0.1, 0.15) is 31.2 Å². The fourth-order valence-corrected chi connectivity index (χ4v) is 2.26. The van der Waals surface area contributed by atoms with E-state index in [1.165, 1.54) is 18.4 Å². The third-order valence-corrected chi connectivity index (χ3v) is 3.23. The van der Waals surface area contributed by atoms with Gasteiger partial charge in [-0.25, -0.2) is 0 Å². The maximum absolute atomic E-state index is 6.02. The van der Waals surface area contributed by atoms with Crippen LogP contribution in [0.15, 0.2) is 12.4 Å². The van der Waals surface area contributed by atoms with Gasteiger partial charge in [-0.2, -0.15) is 5.10 Å². The third kappa shape index (κ3) is 3.06. The first-order chi connectivity index (χ1) is 7.75. The number of ether oxygens (including phenoxy) is 1. The minimum atomic E-state index is 0.239. The Morgan fingerprint density at radius 1 is 1.50 bits per heavy atom. The molecule has 1 aliphatic carbocycles. The van der Waals surface area contributed by atoms with Gasteiger partial charge in [0, 0.05) is 19.3 Å². The molecule has 16 heavy (non-hydrogen) atoms. The van der Waals surface area contributed by atoms with Gasteiger partial charge in [0.15, 0.2) is 0 Å². The highest BCUT2D eigenvalue weighted by Crippen LogP contribution is 2.19. The highest BCUT2D eigenvalue weighted by molar-refractivity contribution is 5.03. The molecule has 0 spiro atoms. The summed E-state index contributed by atoms with van der Waals surface area (Å²) in [4.78, 5) is 0. The maximum Gasteiger partial charge on any atom is 0.0726 e. The van der Waals surface area contributed by atoms with Crippen molar-refractivity contribution in [2.75, 3.05) is 6.61 Å². The van der Waals surface area contributed by atoms with Crippen molar-refractivity contribution in [2.45, 2.75) is 44.2 Å². The van der Waals surface area contributed by atoms with Crippen LogP contribution in [-0.2, 0) is 18.2 Å². The molecule has 90 valence electrons. The van der Waals surface area contributed by atoms with Gasteiger partial charge in [0.25, 0.3) is 0 Å². The second-order valence-corrected chi connectivity index (χ2v) is 4.63. The largest absolute Gasteiger partial charge is 0.376 e. The summed E-state index contributed by atoms with van der Waals surface area (Å²) in [5.74, 6) is 0. The van der Waals surface area contributed by atoms with Crippen molar-refractivity contribution in [3.63, 3.8) is 0 Å². The topological polar surface area (TPSA) is 53.1 Å². The molecule has 1 saturated carbocycles. The molecule has 1 fully saturated rings. The van der Waals surface area contributed by atoms with Crippen molar-refractivity contribution in [1.29, 1.82) is 0 Å². The van der Waals surface area contributed by atoms with Crippen LogP contribution in [0.25, 0.3) is 0 Å². The zero-order valence-electron chi connectivity index (χ0n) is 9.93. The summed E-state index contributed by atoms with van der Waals surface area (Å²) in [7, 11) is 1.93. The molecular formula is C12H21N3O. The van der Waals surface area contributed by atoms with E-state index in [0.29, 0.717) is 0 Å². The lowest BCUT2D eigenvalue weighted by Gasteiger charge is -2.28. The van der Waals surface area contributed by atoms with Gasteiger partial charge in [0.05, 0.1) is 18.9 Å². The second kappa shape index (κ2) is 5.46. The van der Waals surface area contributed by atoms with E-state index in [2.05, 4.69) is 5.10 Å². The molecule has 0 saturated heterocycles. The Kier molecular flexibility index (Phi) is 3.96. The van der Waals surface area contributed by atoms with Crippen LogP contribution in [0.2, 0.25) is 0 Å². The molecular weight excluding hydrogens is 202 g/mol. The summed E-state index contributed by atoms with van der Waals surface area (Å²) < 4.78 is 7.67. The van der Waals surface area contributed by atoms with E-state index in [4.69, 9.17) is 10.5 Å². The van der Waals surface area contributed by atoms with Crippen LogP contribution in [-0.4, -0.2) is 28.5 Å². The number of aromatic nitrogens is 2. The first-order valence-corrected chi connectivity index (χ1v) is 6.10. The summed E-state index contributed by atoms with van der Waals surface area (Å²) in [5.41, 5.74) is 7.25. The predicted octanol–water partition coefficient (Wildman–Crippen LogP) is 1.25. The molecule has 0 amide bonds. The number of hydrogen-bond donors (Lipinski definition) is 1. The number of nitrogens with zero attached hydrogens (tertiary/aromatic N) is 2. The van der Waals surface area contributed by atoms with Gasteiger partial charge in [0.1, 0.15) is 0 Å². The minimum Gasteiger partial charge on any atom is -0.376 e. The normalized spacial score (nSPS) is 25.9. The van der Waals surface area contributed by atoms with Gasteiger partial charge in [-0.15, -0.1) is 0 Å². The Morgan fingerprint density at radius 3 is 3.00 bits per heavy atom. The van der Waals surface area contributed by atoms with E-state index < -0.39 is 0 Å². The Bertz CT molecular complexity index is 324. The van der Waals surface area contributed by atoms with Crippen molar-refractivity contribution >= 4 is 0 Å². The molecule has 2 unspecified atom stereocenters. The monoisotopic (exact) mass is 223 g/mol. The van der Waals surface area contributed by atoms with Crippen LogP contribution < -0.4 is 5.73 Å². The highest BCUT2D eigenvalue weighted by Gasteiger charge is 2.21. The van der Waals surface area contributed by atoms with E-state index >= 15 is 0 Å². The fourth-order valence-electron chi connectivity index (χ4n) is 2.26. The van der Waals surface area contributed by atoms with E-state index in [-0.39, 0.29) is 12.1 Å². The summed E-state index contributed by atoms with van der Waals surface area (Å²) >= 11 is 0. The molecule has 0 radical (unpaired) electrons. The van der Waals surface area contributed by atoms with Gasteiger partial charge in [-0.3, -0.25) is 4.68 Å². The average Bonchev–Trinajstić information content (AvgIpc) is 2.67. The lowest BCUT2D eigenvalue weighted by atomic mass is 9.93. The smallest absolute Gasteiger partial charge is 0.0726 e. The molecule has 2 atom stereocenters. The third-order valence-electron chi connectivity index (χ3n) is 3.23. The standard InChI is InChI=1S/C12H21N3O/c1-15-9-10(8-14-15)6-7-16-12-5-3-2-4-11(12)13/h8-9,11-12H,2-7,13H2,1H3. The van der Waals surface area contributed by atoms with Crippen LogP contribution in [0, 0.1) is 0 Å². The van der Waals surface area contributed by atoms with Crippen LogP contribution in [0.3, 0.4) is 0 Å².